The van der Waals surface area contributed by atoms with Gasteiger partial charge in [0.15, 0.2) is 5.82 Å². The maximum Gasteiger partial charge on any atom is 0.312 e. The Hall–Kier alpha value is -4.79. The normalized spacial score (nSPS) is 11.1. The van der Waals surface area contributed by atoms with E-state index < -0.39 is 4.92 Å². The minimum atomic E-state index is -0.419. The summed E-state index contributed by atoms with van der Waals surface area (Å²) in [5.74, 6) is 0.173. The number of carbonyl (C=O) groups is 1. The monoisotopic (exact) mass is 480 g/mol. The average molecular weight is 481 g/mol. The standard InChI is InChI=1S/C27H24N6O3/c1-18-26(33(35)36)19(2)32(29-18)16-20-7-5-10-22(15-20)27(34)28-25-13-14-31(30-25)17-23-11-6-9-21-8-3-4-12-24(21)23/h3-15H,16-17H2,1-2H3,(H,28,30,34). The number of nitrogens with one attached hydrogen (secondary N) is 1. The Bertz CT molecular complexity index is 1600. The molecule has 2 aromatic heterocycles. The lowest BCUT2D eigenvalue weighted by molar-refractivity contribution is -0.386. The van der Waals surface area contributed by atoms with Gasteiger partial charge in [0.1, 0.15) is 11.4 Å². The number of amides is 1. The zero-order valence-corrected chi connectivity index (χ0v) is 19.9. The Morgan fingerprint density at radius 1 is 0.972 bits per heavy atom. The van der Waals surface area contributed by atoms with Crippen LogP contribution in [0.15, 0.2) is 79.0 Å². The largest absolute Gasteiger partial charge is 0.312 e. The molecule has 1 amide bonds. The van der Waals surface area contributed by atoms with Crippen LogP contribution in [0.4, 0.5) is 11.5 Å². The first kappa shape index (κ1) is 23.0. The van der Waals surface area contributed by atoms with Crippen LogP contribution in [0.5, 0.6) is 0 Å². The van der Waals surface area contributed by atoms with Crippen LogP contribution in [0.3, 0.4) is 0 Å². The Morgan fingerprint density at radius 2 is 1.75 bits per heavy atom. The number of nitro groups is 1. The van der Waals surface area contributed by atoms with Gasteiger partial charge in [-0.3, -0.25) is 24.3 Å². The molecule has 0 radical (unpaired) electrons. The third-order valence-corrected chi connectivity index (χ3v) is 6.14. The molecule has 0 spiro atoms. The van der Waals surface area contributed by atoms with Crippen LogP contribution in [0.25, 0.3) is 10.8 Å². The van der Waals surface area contributed by atoms with Gasteiger partial charge in [0, 0.05) is 17.8 Å². The van der Waals surface area contributed by atoms with Crippen LogP contribution in [0.2, 0.25) is 0 Å². The third-order valence-electron chi connectivity index (χ3n) is 6.14. The fraction of sp³-hybridized carbons (Fsp3) is 0.148. The second-order valence-corrected chi connectivity index (χ2v) is 8.63. The number of hydrogen-bond acceptors (Lipinski definition) is 5. The Labute approximate surface area is 207 Å². The lowest BCUT2D eigenvalue weighted by atomic mass is 10.0. The molecule has 36 heavy (non-hydrogen) atoms. The molecular weight excluding hydrogens is 456 g/mol. The van der Waals surface area contributed by atoms with Gasteiger partial charge in [-0.05, 0) is 47.9 Å². The zero-order valence-electron chi connectivity index (χ0n) is 19.9. The molecule has 180 valence electrons. The van der Waals surface area contributed by atoms with Crippen LogP contribution in [-0.2, 0) is 13.1 Å². The number of nitrogens with zero attached hydrogens (tertiary/aromatic N) is 5. The zero-order chi connectivity index (χ0) is 25.2. The molecule has 0 atom stereocenters. The molecule has 9 heteroatoms. The molecule has 0 aliphatic rings. The Kier molecular flexibility index (Phi) is 6.03. The van der Waals surface area contributed by atoms with Crippen LogP contribution in [0.1, 0.15) is 32.9 Å². The SMILES string of the molecule is Cc1nn(Cc2cccc(C(=O)Nc3ccn(Cc4cccc5ccccc45)n3)c2)c(C)c1[N+](=O)[O-]. The fourth-order valence-electron chi connectivity index (χ4n) is 4.40. The van der Waals surface area contributed by atoms with Crippen molar-refractivity contribution < 1.29 is 9.72 Å². The summed E-state index contributed by atoms with van der Waals surface area (Å²) >= 11 is 0. The second kappa shape index (κ2) is 9.46. The van der Waals surface area contributed by atoms with Crippen molar-refractivity contribution in [1.29, 1.82) is 0 Å². The van der Waals surface area contributed by atoms with Crippen molar-refractivity contribution in [3.05, 3.63) is 117 Å². The van der Waals surface area contributed by atoms with Crippen LogP contribution in [-0.4, -0.2) is 30.4 Å². The van der Waals surface area contributed by atoms with E-state index in [-0.39, 0.29) is 11.6 Å². The van der Waals surface area contributed by atoms with Gasteiger partial charge >= 0.3 is 5.69 Å². The average Bonchev–Trinajstić information content (AvgIpc) is 3.42. The number of aryl methyl sites for hydroxylation is 1. The quantitative estimate of drug-likeness (QED) is 0.257. The molecule has 9 nitrogen and oxygen atoms in total. The Morgan fingerprint density at radius 3 is 2.56 bits per heavy atom. The number of rotatable bonds is 7. The highest BCUT2D eigenvalue weighted by molar-refractivity contribution is 6.03. The highest BCUT2D eigenvalue weighted by Crippen LogP contribution is 2.23. The van der Waals surface area contributed by atoms with Crippen LogP contribution in [0, 0.1) is 24.0 Å². The number of anilines is 1. The van der Waals surface area contributed by atoms with Gasteiger partial charge < -0.3 is 5.32 Å². The first-order valence-electron chi connectivity index (χ1n) is 11.5. The summed E-state index contributed by atoms with van der Waals surface area (Å²) in [7, 11) is 0. The van der Waals surface area contributed by atoms with Gasteiger partial charge in [0.05, 0.1) is 18.0 Å². The topological polar surface area (TPSA) is 108 Å². The molecule has 0 aliphatic heterocycles. The van der Waals surface area contributed by atoms with E-state index in [0.29, 0.717) is 35.9 Å². The van der Waals surface area contributed by atoms with E-state index in [1.807, 2.05) is 30.5 Å². The van der Waals surface area contributed by atoms with Crippen molar-refractivity contribution in [2.24, 2.45) is 0 Å². The van der Waals surface area contributed by atoms with E-state index in [0.717, 1.165) is 11.1 Å². The molecule has 5 aromatic rings. The summed E-state index contributed by atoms with van der Waals surface area (Å²) in [6.45, 7) is 4.19. The highest BCUT2D eigenvalue weighted by Gasteiger charge is 2.22. The predicted molar refractivity (Wildman–Crippen MR) is 137 cm³/mol. The van der Waals surface area contributed by atoms with Crippen molar-refractivity contribution in [2.45, 2.75) is 26.9 Å². The summed E-state index contributed by atoms with van der Waals surface area (Å²) in [6.07, 6.45) is 1.84. The number of benzene rings is 3. The molecule has 0 aliphatic carbocycles. The van der Waals surface area contributed by atoms with Gasteiger partial charge in [0.2, 0.25) is 0 Å². The molecule has 0 saturated heterocycles. The maximum absolute atomic E-state index is 12.9. The number of carbonyl (C=O) groups excluding carboxylic acids is 1. The molecule has 2 heterocycles. The molecule has 0 unspecified atom stereocenters. The van der Waals surface area contributed by atoms with Crippen molar-refractivity contribution in [3.63, 3.8) is 0 Å². The highest BCUT2D eigenvalue weighted by atomic mass is 16.6. The molecular formula is C27H24N6O3. The smallest absolute Gasteiger partial charge is 0.305 e. The van der Waals surface area contributed by atoms with E-state index in [1.54, 1.807) is 47.5 Å². The van der Waals surface area contributed by atoms with Gasteiger partial charge in [-0.25, -0.2) is 0 Å². The number of fused-ring (bicyclic) bond motifs is 1. The third kappa shape index (κ3) is 4.58. The van der Waals surface area contributed by atoms with Crippen molar-refractivity contribution in [3.8, 4) is 0 Å². The van der Waals surface area contributed by atoms with Crippen molar-refractivity contribution in [2.75, 3.05) is 5.32 Å². The van der Waals surface area contributed by atoms with Crippen LogP contribution < -0.4 is 5.32 Å². The van der Waals surface area contributed by atoms with E-state index in [2.05, 4.69) is 39.8 Å². The minimum Gasteiger partial charge on any atom is -0.305 e. The van der Waals surface area contributed by atoms with Gasteiger partial charge in [-0.1, -0.05) is 54.6 Å². The lowest BCUT2D eigenvalue weighted by Crippen LogP contribution is -2.14. The van der Waals surface area contributed by atoms with E-state index in [1.165, 1.54) is 10.8 Å². The van der Waals surface area contributed by atoms with Crippen molar-refractivity contribution >= 4 is 28.2 Å². The fourth-order valence-corrected chi connectivity index (χ4v) is 4.40. The summed E-state index contributed by atoms with van der Waals surface area (Å²) in [4.78, 5) is 23.8. The maximum atomic E-state index is 12.9. The molecule has 0 bridgehead atoms. The summed E-state index contributed by atoms with van der Waals surface area (Å²) in [6, 6.07) is 23.3. The molecule has 1 N–H and O–H groups in total. The predicted octanol–water partition coefficient (Wildman–Crippen LogP) is 5.11. The molecule has 0 saturated carbocycles. The van der Waals surface area contributed by atoms with E-state index in [4.69, 9.17) is 0 Å². The van der Waals surface area contributed by atoms with Crippen molar-refractivity contribution in [1.82, 2.24) is 19.6 Å². The molecule has 3 aromatic carbocycles. The molecule has 5 rings (SSSR count). The van der Waals surface area contributed by atoms with Gasteiger partial charge in [0.25, 0.3) is 5.91 Å². The van der Waals surface area contributed by atoms with E-state index >= 15 is 0 Å². The van der Waals surface area contributed by atoms with Gasteiger partial charge in [-0.15, -0.1) is 0 Å². The summed E-state index contributed by atoms with van der Waals surface area (Å²) in [5, 5.41) is 25.3. The van der Waals surface area contributed by atoms with Crippen LogP contribution >= 0.6 is 0 Å². The first-order valence-corrected chi connectivity index (χ1v) is 11.5. The summed E-state index contributed by atoms with van der Waals surface area (Å²) < 4.78 is 3.38. The minimum absolute atomic E-state index is 0.0167. The first-order chi connectivity index (χ1) is 17.4. The summed E-state index contributed by atoms with van der Waals surface area (Å²) in [5.41, 5.74) is 3.28. The Balaban J connectivity index is 1.29. The van der Waals surface area contributed by atoms with Gasteiger partial charge in [-0.2, -0.15) is 10.2 Å². The van der Waals surface area contributed by atoms with E-state index in [9.17, 15) is 14.9 Å². The number of hydrogen-bond donors (Lipinski definition) is 1. The second-order valence-electron chi connectivity index (χ2n) is 8.63. The lowest BCUT2D eigenvalue weighted by Gasteiger charge is -2.08. The number of aromatic nitrogens is 4. The molecule has 0 fully saturated rings.